The molecular weight excluding hydrogens is 255 g/mol. The van der Waals surface area contributed by atoms with Gasteiger partial charge in [0.1, 0.15) is 11.6 Å². The van der Waals surface area contributed by atoms with Crippen LogP contribution in [0.25, 0.3) is 0 Å². The van der Waals surface area contributed by atoms with E-state index in [1.54, 1.807) is 0 Å². The smallest absolute Gasteiger partial charge is 0.208 e. The zero-order valence-corrected chi connectivity index (χ0v) is 10.4. The fourth-order valence-electron chi connectivity index (χ4n) is 1.47. The van der Waals surface area contributed by atoms with Gasteiger partial charge in [-0.15, -0.1) is 0 Å². The number of benzene rings is 1. The molecular formula is C12H11FN2O2S. The summed E-state index contributed by atoms with van der Waals surface area (Å²) in [6.07, 6.45) is 1.18. The average Bonchev–Trinajstić information content (AvgIpc) is 2.33. The molecule has 0 unspecified atom stereocenters. The van der Waals surface area contributed by atoms with Gasteiger partial charge in [0.2, 0.25) is 9.84 Å². The van der Waals surface area contributed by atoms with Crippen molar-refractivity contribution in [1.29, 1.82) is 0 Å². The monoisotopic (exact) mass is 266 g/mol. The summed E-state index contributed by atoms with van der Waals surface area (Å²) in [4.78, 5) is 3.80. The van der Waals surface area contributed by atoms with E-state index in [9.17, 15) is 12.8 Å². The van der Waals surface area contributed by atoms with Gasteiger partial charge in [0.05, 0.1) is 9.79 Å². The second-order valence-electron chi connectivity index (χ2n) is 3.83. The molecule has 0 aliphatic rings. The lowest BCUT2D eigenvalue weighted by Crippen LogP contribution is -2.04. The molecule has 94 valence electrons. The number of nitrogen functional groups attached to an aromatic ring is 1. The number of halogens is 1. The Morgan fingerprint density at radius 3 is 2.39 bits per heavy atom. The van der Waals surface area contributed by atoms with Crippen LogP contribution in [0.1, 0.15) is 5.56 Å². The van der Waals surface area contributed by atoms with Gasteiger partial charge in [0.25, 0.3) is 0 Å². The molecule has 0 fully saturated rings. The van der Waals surface area contributed by atoms with E-state index >= 15 is 0 Å². The molecule has 0 saturated heterocycles. The van der Waals surface area contributed by atoms with Crippen LogP contribution in [-0.4, -0.2) is 13.4 Å². The average molecular weight is 266 g/mol. The molecule has 0 aliphatic carbocycles. The van der Waals surface area contributed by atoms with Gasteiger partial charge >= 0.3 is 0 Å². The van der Waals surface area contributed by atoms with Gasteiger partial charge in [-0.2, -0.15) is 0 Å². The maximum absolute atomic E-state index is 13.1. The Morgan fingerprint density at radius 1 is 1.17 bits per heavy atom. The second-order valence-corrected chi connectivity index (χ2v) is 5.78. The first kappa shape index (κ1) is 12.5. The molecule has 1 aromatic heterocycles. The summed E-state index contributed by atoms with van der Waals surface area (Å²) in [7, 11) is -3.68. The van der Waals surface area contributed by atoms with Crippen LogP contribution in [0.4, 0.5) is 10.2 Å². The number of pyridine rings is 1. The molecule has 18 heavy (non-hydrogen) atoms. The van der Waals surface area contributed by atoms with Gasteiger partial charge in [0, 0.05) is 6.20 Å². The third-order valence-electron chi connectivity index (χ3n) is 2.51. The van der Waals surface area contributed by atoms with Crippen molar-refractivity contribution in [3.63, 3.8) is 0 Å². The van der Waals surface area contributed by atoms with Crippen molar-refractivity contribution in [2.75, 3.05) is 5.73 Å². The van der Waals surface area contributed by atoms with Gasteiger partial charge in [-0.1, -0.05) is 0 Å². The van der Waals surface area contributed by atoms with E-state index in [-0.39, 0.29) is 21.2 Å². The first-order valence-electron chi connectivity index (χ1n) is 5.14. The summed E-state index contributed by atoms with van der Waals surface area (Å²) in [5.41, 5.74) is 5.67. The molecule has 0 bridgehead atoms. The Bertz CT molecular complexity index is 682. The minimum absolute atomic E-state index is 0.0303. The maximum Gasteiger partial charge on any atom is 0.208 e. The van der Waals surface area contributed by atoms with Crippen LogP contribution in [0.15, 0.2) is 46.3 Å². The second kappa shape index (κ2) is 4.38. The van der Waals surface area contributed by atoms with Gasteiger partial charge in [-0.05, 0) is 42.8 Å². The number of hydrogen-bond donors (Lipinski definition) is 1. The Balaban J connectivity index is 2.54. The quantitative estimate of drug-likeness (QED) is 0.843. The first-order valence-corrected chi connectivity index (χ1v) is 6.62. The van der Waals surface area contributed by atoms with Crippen molar-refractivity contribution in [1.82, 2.24) is 4.98 Å². The highest BCUT2D eigenvalue weighted by atomic mass is 32.2. The molecule has 0 aliphatic heterocycles. The molecule has 4 nitrogen and oxygen atoms in total. The number of nitrogens with zero attached hydrogens (tertiary/aromatic N) is 1. The highest BCUT2D eigenvalue weighted by molar-refractivity contribution is 7.91. The van der Waals surface area contributed by atoms with E-state index in [0.717, 1.165) is 6.07 Å². The number of nitrogens with two attached hydrogens (primary N) is 1. The normalized spacial score (nSPS) is 11.4. The molecule has 2 aromatic rings. The highest BCUT2D eigenvalue weighted by Gasteiger charge is 2.18. The fraction of sp³-hybridized carbons (Fsp3) is 0.0833. The summed E-state index contributed by atoms with van der Waals surface area (Å²) in [5, 5.41) is 0. The predicted molar refractivity (Wildman–Crippen MR) is 65.2 cm³/mol. The molecule has 6 heteroatoms. The van der Waals surface area contributed by atoms with Crippen molar-refractivity contribution in [3.8, 4) is 0 Å². The third kappa shape index (κ3) is 2.19. The number of rotatable bonds is 2. The third-order valence-corrected chi connectivity index (χ3v) is 4.25. The molecule has 1 aromatic carbocycles. The summed E-state index contributed by atoms with van der Waals surface area (Å²) in [5.74, 6) is -0.200. The van der Waals surface area contributed by atoms with Crippen LogP contribution in [0.2, 0.25) is 0 Å². The minimum Gasteiger partial charge on any atom is -0.384 e. The molecule has 2 N–H and O–H groups in total. The van der Waals surface area contributed by atoms with Crippen molar-refractivity contribution in [2.24, 2.45) is 0 Å². The molecule has 0 saturated carbocycles. The summed E-state index contributed by atoms with van der Waals surface area (Å²) >= 11 is 0. The number of hydrogen-bond acceptors (Lipinski definition) is 4. The van der Waals surface area contributed by atoms with Crippen molar-refractivity contribution in [3.05, 3.63) is 47.9 Å². The first-order chi connectivity index (χ1) is 8.41. The molecule has 2 rings (SSSR count). The Labute approximate surface area is 104 Å². The van der Waals surface area contributed by atoms with Crippen LogP contribution in [-0.2, 0) is 9.84 Å². The van der Waals surface area contributed by atoms with Gasteiger partial charge in [-0.25, -0.2) is 17.8 Å². The van der Waals surface area contributed by atoms with E-state index in [1.807, 2.05) is 0 Å². The molecule has 0 radical (unpaired) electrons. The summed E-state index contributed by atoms with van der Waals surface area (Å²) < 4.78 is 37.5. The van der Waals surface area contributed by atoms with Crippen LogP contribution in [0.5, 0.6) is 0 Å². The van der Waals surface area contributed by atoms with Crippen molar-refractivity contribution in [2.45, 2.75) is 16.7 Å². The van der Waals surface area contributed by atoms with Crippen molar-refractivity contribution >= 4 is 15.7 Å². The Hall–Kier alpha value is -1.95. The summed E-state index contributed by atoms with van der Waals surface area (Å²) in [6.45, 7) is 1.51. The SMILES string of the molecule is Cc1cc(S(=O)(=O)c2ccc(N)nc2)ccc1F. The maximum atomic E-state index is 13.1. The highest BCUT2D eigenvalue weighted by Crippen LogP contribution is 2.22. The Morgan fingerprint density at radius 2 is 1.83 bits per heavy atom. The lowest BCUT2D eigenvalue weighted by molar-refractivity contribution is 0.593. The Kier molecular flexibility index (Phi) is 3.04. The minimum atomic E-state index is -3.68. The van der Waals surface area contributed by atoms with Crippen molar-refractivity contribution < 1.29 is 12.8 Å². The zero-order valence-electron chi connectivity index (χ0n) is 9.59. The molecule has 0 amide bonds. The zero-order chi connectivity index (χ0) is 13.3. The number of aryl methyl sites for hydroxylation is 1. The lowest BCUT2D eigenvalue weighted by atomic mass is 10.2. The van der Waals surface area contributed by atoms with Crippen LogP contribution in [0, 0.1) is 12.7 Å². The molecule has 0 atom stereocenters. The number of sulfone groups is 1. The standard InChI is InChI=1S/C12H11FN2O2S/c1-8-6-9(2-4-11(8)13)18(16,17)10-3-5-12(14)15-7-10/h2-7H,1H3,(H2,14,15). The predicted octanol–water partition coefficient (Wildman–Crippen LogP) is 1.94. The molecule has 0 spiro atoms. The van der Waals surface area contributed by atoms with E-state index < -0.39 is 15.7 Å². The topological polar surface area (TPSA) is 73.0 Å². The van der Waals surface area contributed by atoms with Crippen LogP contribution in [0.3, 0.4) is 0 Å². The van der Waals surface area contributed by atoms with Gasteiger partial charge < -0.3 is 5.73 Å². The number of aromatic nitrogens is 1. The summed E-state index contributed by atoms with van der Waals surface area (Å²) in [6, 6.07) is 6.43. The van der Waals surface area contributed by atoms with E-state index in [1.165, 1.54) is 37.4 Å². The fourth-order valence-corrected chi connectivity index (χ4v) is 2.76. The van der Waals surface area contributed by atoms with Crippen LogP contribution >= 0.6 is 0 Å². The lowest BCUT2D eigenvalue weighted by Gasteiger charge is -2.06. The largest absolute Gasteiger partial charge is 0.384 e. The molecule has 1 heterocycles. The van der Waals surface area contributed by atoms with Crippen LogP contribution < -0.4 is 5.73 Å². The number of anilines is 1. The van der Waals surface area contributed by atoms with Gasteiger partial charge in [0.15, 0.2) is 0 Å². The van der Waals surface area contributed by atoms with E-state index in [0.29, 0.717) is 0 Å². The van der Waals surface area contributed by atoms with Gasteiger partial charge in [-0.3, -0.25) is 0 Å². The van der Waals surface area contributed by atoms with E-state index in [2.05, 4.69) is 4.98 Å². The van der Waals surface area contributed by atoms with E-state index in [4.69, 9.17) is 5.73 Å².